The zero-order valence-electron chi connectivity index (χ0n) is 8.31. The second-order valence-corrected chi connectivity index (χ2v) is 3.51. The lowest BCUT2D eigenvalue weighted by atomic mass is 10.0. The highest BCUT2D eigenvalue weighted by Crippen LogP contribution is 2.06. The smallest absolute Gasteiger partial charge is 0.315 e. The fourth-order valence-electron chi connectivity index (χ4n) is 0.992. The quantitative estimate of drug-likeness (QED) is 0.577. The Morgan fingerprint density at radius 3 is 2.31 bits per heavy atom. The number of nitrogens with two attached hydrogens (primary N) is 1. The maximum Gasteiger partial charge on any atom is 0.315 e. The molecule has 0 aromatic carbocycles. The lowest BCUT2D eigenvalue weighted by Gasteiger charge is -2.24. The fourth-order valence-corrected chi connectivity index (χ4v) is 0.992. The molecule has 76 valence electrons. The van der Waals surface area contributed by atoms with Crippen LogP contribution in [0.15, 0.2) is 0 Å². The van der Waals surface area contributed by atoms with Crippen molar-refractivity contribution in [1.82, 2.24) is 10.6 Å². The van der Waals surface area contributed by atoms with Gasteiger partial charge in [-0.15, -0.1) is 0 Å². The van der Waals surface area contributed by atoms with Gasteiger partial charge in [0.1, 0.15) is 0 Å². The molecule has 5 heteroatoms. The number of hydrogen-bond acceptors (Lipinski definition) is 2. The number of carbonyl (C=O) groups is 2. The van der Waals surface area contributed by atoms with Crippen LogP contribution in [0.5, 0.6) is 0 Å². The standard InChI is InChI=1S/C8H17N3O2/c1-4-10-7(13)11-8(2,3)5-6(9)12/h4-5H2,1-3H3,(H2,9,12)(H2,10,11,13). The number of nitrogens with one attached hydrogen (secondary N) is 2. The molecule has 0 aromatic rings. The van der Waals surface area contributed by atoms with Gasteiger partial charge < -0.3 is 16.4 Å². The molecule has 13 heavy (non-hydrogen) atoms. The average molecular weight is 187 g/mol. The molecular formula is C8H17N3O2. The molecule has 0 radical (unpaired) electrons. The van der Waals surface area contributed by atoms with Gasteiger partial charge in [-0.3, -0.25) is 4.79 Å². The number of hydrogen-bond donors (Lipinski definition) is 3. The largest absolute Gasteiger partial charge is 0.370 e. The summed E-state index contributed by atoms with van der Waals surface area (Å²) in [5, 5.41) is 5.21. The van der Waals surface area contributed by atoms with Crippen LogP contribution < -0.4 is 16.4 Å². The van der Waals surface area contributed by atoms with Crippen LogP contribution in [0.25, 0.3) is 0 Å². The first-order chi connectivity index (χ1) is 5.87. The lowest BCUT2D eigenvalue weighted by molar-refractivity contribution is -0.119. The van der Waals surface area contributed by atoms with Crippen molar-refractivity contribution in [2.75, 3.05) is 6.54 Å². The molecule has 0 aromatic heterocycles. The van der Waals surface area contributed by atoms with Gasteiger partial charge in [0, 0.05) is 18.5 Å². The van der Waals surface area contributed by atoms with Gasteiger partial charge in [0.15, 0.2) is 0 Å². The van der Waals surface area contributed by atoms with Crippen LogP contribution in [0, 0.1) is 0 Å². The molecule has 0 fully saturated rings. The Hall–Kier alpha value is -1.26. The normalized spacial score (nSPS) is 10.7. The van der Waals surface area contributed by atoms with Gasteiger partial charge in [-0.1, -0.05) is 0 Å². The third-order valence-corrected chi connectivity index (χ3v) is 1.41. The van der Waals surface area contributed by atoms with Crippen molar-refractivity contribution in [2.24, 2.45) is 5.73 Å². The third kappa shape index (κ3) is 5.95. The van der Waals surface area contributed by atoms with Crippen LogP contribution in [0.3, 0.4) is 0 Å². The van der Waals surface area contributed by atoms with Crippen LogP contribution in [0.4, 0.5) is 4.79 Å². The van der Waals surface area contributed by atoms with Crippen molar-refractivity contribution in [3.63, 3.8) is 0 Å². The molecule has 0 atom stereocenters. The Bertz CT molecular complexity index is 202. The van der Waals surface area contributed by atoms with Crippen molar-refractivity contribution in [3.8, 4) is 0 Å². The van der Waals surface area contributed by atoms with Crippen molar-refractivity contribution in [1.29, 1.82) is 0 Å². The molecule has 0 aliphatic carbocycles. The molecular weight excluding hydrogens is 170 g/mol. The Kier molecular flexibility index (Phi) is 4.23. The molecule has 4 N–H and O–H groups in total. The topological polar surface area (TPSA) is 84.2 Å². The molecule has 0 saturated heterocycles. The Morgan fingerprint density at radius 1 is 1.38 bits per heavy atom. The second kappa shape index (κ2) is 4.69. The summed E-state index contributed by atoms with van der Waals surface area (Å²) in [5.74, 6) is -0.429. The number of urea groups is 1. The van der Waals surface area contributed by atoms with E-state index in [9.17, 15) is 9.59 Å². The molecule has 0 saturated carbocycles. The van der Waals surface area contributed by atoms with E-state index in [4.69, 9.17) is 5.73 Å². The van der Waals surface area contributed by atoms with Crippen LogP contribution in [0.2, 0.25) is 0 Å². The molecule has 0 spiro atoms. The number of amides is 3. The van der Waals surface area contributed by atoms with Gasteiger partial charge in [0.25, 0.3) is 0 Å². The van der Waals surface area contributed by atoms with Crippen LogP contribution in [-0.4, -0.2) is 24.0 Å². The lowest BCUT2D eigenvalue weighted by Crippen LogP contribution is -2.50. The highest BCUT2D eigenvalue weighted by atomic mass is 16.2. The van der Waals surface area contributed by atoms with Crippen molar-refractivity contribution >= 4 is 11.9 Å². The van der Waals surface area contributed by atoms with Gasteiger partial charge in [-0.2, -0.15) is 0 Å². The summed E-state index contributed by atoms with van der Waals surface area (Å²) in [5.41, 5.74) is 4.43. The van der Waals surface area contributed by atoms with Crippen molar-refractivity contribution in [3.05, 3.63) is 0 Å². The summed E-state index contributed by atoms with van der Waals surface area (Å²) in [6.45, 7) is 5.86. The first kappa shape index (κ1) is 11.7. The van der Waals surface area contributed by atoms with E-state index < -0.39 is 11.4 Å². The van der Waals surface area contributed by atoms with Crippen LogP contribution >= 0.6 is 0 Å². The van der Waals surface area contributed by atoms with Crippen LogP contribution in [-0.2, 0) is 4.79 Å². The SMILES string of the molecule is CCNC(=O)NC(C)(C)CC(N)=O. The van der Waals surface area contributed by atoms with Gasteiger partial charge in [-0.25, -0.2) is 4.79 Å². The monoisotopic (exact) mass is 187 g/mol. The highest BCUT2D eigenvalue weighted by Gasteiger charge is 2.22. The summed E-state index contributed by atoms with van der Waals surface area (Å²) >= 11 is 0. The minimum atomic E-state index is -0.592. The predicted octanol–water partition coefficient (Wildman–Crippen LogP) is -0.0405. The molecule has 0 aliphatic rings. The molecule has 0 unspecified atom stereocenters. The fraction of sp³-hybridized carbons (Fsp3) is 0.750. The highest BCUT2D eigenvalue weighted by molar-refractivity contribution is 5.78. The Labute approximate surface area is 78.1 Å². The Morgan fingerprint density at radius 2 is 1.92 bits per heavy atom. The van der Waals surface area contributed by atoms with E-state index in [0.29, 0.717) is 6.54 Å². The van der Waals surface area contributed by atoms with Gasteiger partial charge >= 0.3 is 6.03 Å². The minimum absolute atomic E-state index is 0.129. The summed E-state index contributed by atoms with van der Waals surface area (Å²) in [4.78, 5) is 21.7. The molecule has 5 nitrogen and oxygen atoms in total. The maximum atomic E-state index is 11.1. The summed E-state index contributed by atoms with van der Waals surface area (Å²) in [7, 11) is 0. The molecule has 0 heterocycles. The first-order valence-electron chi connectivity index (χ1n) is 4.21. The van der Waals surface area contributed by atoms with Crippen LogP contribution in [0.1, 0.15) is 27.2 Å². The minimum Gasteiger partial charge on any atom is -0.370 e. The summed E-state index contributed by atoms with van der Waals surface area (Å²) < 4.78 is 0. The van der Waals surface area contributed by atoms with E-state index in [-0.39, 0.29) is 12.5 Å². The first-order valence-corrected chi connectivity index (χ1v) is 4.21. The average Bonchev–Trinajstić information content (AvgIpc) is 1.81. The summed E-state index contributed by atoms with van der Waals surface area (Å²) in [6, 6.07) is -0.284. The third-order valence-electron chi connectivity index (χ3n) is 1.41. The van der Waals surface area contributed by atoms with Gasteiger partial charge in [-0.05, 0) is 20.8 Å². The van der Waals surface area contributed by atoms with E-state index in [1.807, 2.05) is 6.92 Å². The zero-order valence-corrected chi connectivity index (χ0v) is 8.31. The van der Waals surface area contributed by atoms with Crippen molar-refractivity contribution in [2.45, 2.75) is 32.7 Å². The van der Waals surface area contributed by atoms with E-state index in [1.165, 1.54) is 0 Å². The molecule has 0 rings (SSSR count). The van der Waals surface area contributed by atoms with Gasteiger partial charge in [0.2, 0.25) is 5.91 Å². The van der Waals surface area contributed by atoms with E-state index in [1.54, 1.807) is 13.8 Å². The zero-order chi connectivity index (χ0) is 10.5. The van der Waals surface area contributed by atoms with Crippen molar-refractivity contribution < 1.29 is 9.59 Å². The molecule has 3 amide bonds. The number of rotatable bonds is 4. The molecule has 0 bridgehead atoms. The predicted molar refractivity (Wildman–Crippen MR) is 50.1 cm³/mol. The number of carbonyl (C=O) groups excluding carboxylic acids is 2. The maximum absolute atomic E-state index is 11.1. The molecule has 0 aliphatic heterocycles. The number of primary amides is 1. The van der Waals surface area contributed by atoms with E-state index >= 15 is 0 Å². The second-order valence-electron chi connectivity index (χ2n) is 3.51. The van der Waals surface area contributed by atoms with Gasteiger partial charge in [0.05, 0.1) is 0 Å². The summed E-state index contributed by atoms with van der Waals surface area (Å²) in [6.07, 6.45) is 0.129. The van der Waals surface area contributed by atoms with E-state index in [2.05, 4.69) is 10.6 Å². The van der Waals surface area contributed by atoms with E-state index in [0.717, 1.165) is 0 Å². The Balaban J connectivity index is 4.00.